The third-order valence-electron chi connectivity index (χ3n) is 5.52. The van der Waals surface area contributed by atoms with Crippen molar-refractivity contribution >= 4 is 0 Å². The summed E-state index contributed by atoms with van der Waals surface area (Å²) in [6.07, 6.45) is 5.23. The minimum absolute atomic E-state index is 0.287. The van der Waals surface area contributed by atoms with Crippen molar-refractivity contribution in [2.24, 2.45) is 0 Å². The number of aryl methyl sites for hydroxylation is 2. The quantitative estimate of drug-likeness (QED) is 0.556. The van der Waals surface area contributed by atoms with Crippen LogP contribution in [0, 0.1) is 13.8 Å². The van der Waals surface area contributed by atoms with Gasteiger partial charge in [0.05, 0.1) is 14.2 Å². The van der Waals surface area contributed by atoms with E-state index in [1.807, 2.05) is 0 Å². The Morgan fingerprint density at radius 3 is 2.22 bits per heavy atom. The van der Waals surface area contributed by atoms with Gasteiger partial charge in [-0.2, -0.15) is 0 Å². The van der Waals surface area contributed by atoms with Crippen molar-refractivity contribution in [3.05, 3.63) is 58.1 Å². The van der Waals surface area contributed by atoms with E-state index in [0.29, 0.717) is 0 Å². The topological polar surface area (TPSA) is 38.7 Å². The molecule has 1 N–H and O–H groups in total. The van der Waals surface area contributed by atoms with Crippen LogP contribution >= 0.6 is 0 Å². The Balaban J connectivity index is 2.22. The average molecular weight is 371 g/mol. The van der Waals surface area contributed by atoms with Gasteiger partial charge < -0.3 is 14.6 Å². The molecule has 0 aliphatic rings. The standard InChI is InChI=1S/C24H34O3/c1-17-14-22(16-24(27-5)18(17)2)19(3)20-11-12-23(26-4)21(15-20)10-8-6-7-9-13-25/h11-12,14-16,19,25H,6-10,13H2,1-5H3. The van der Waals surface area contributed by atoms with Crippen molar-refractivity contribution in [1.82, 2.24) is 0 Å². The summed E-state index contributed by atoms with van der Waals surface area (Å²) >= 11 is 0. The van der Waals surface area contributed by atoms with Crippen LogP contribution in [-0.4, -0.2) is 25.9 Å². The molecule has 148 valence electrons. The Kier molecular flexibility index (Phi) is 8.18. The molecule has 0 aliphatic heterocycles. The second kappa shape index (κ2) is 10.4. The van der Waals surface area contributed by atoms with Crippen LogP contribution in [0.2, 0.25) is 0 Å². The lowest BCUT2D eigenvalue weighted by molar-refractivity contribution is 0.282. The number of hydrogen-bond acceptors (Lipinski definition) is 3. The van der Waals surface area contributed by atoms with Gasteiger partial charge in [-0.25, -0.2) is 0 Å². The molecule has 0 saturated carbocycles. The normalized spacial score (nSPS) is 12.1. The van der Waals surface area contributed by atoms with Crippen LogP contribution in [-0.2, 0) is 6.42 Å². The molecule has 0 aliphatic carbocycles. The van der Waals surface area contributed by atoms with Gasteiger partial charge in [0, 0.05) is 12.5 Å². The first-order valence-electron chi connectivity index (χ1n) is 9.94. The molecule has 2 aromatic carbocycles. The van der Waals surface area contributed by atoms with Gasteiger partial charge in [-0.15, -0.1) is 0 Å². The van der Waals surface area contributed by atoms with Gasteiger partial charge in [0.1, 0.15) is 11.5 Å². The fourth-order valence-electron chi connectivity index (χ4n) is 3.55. The molecule has 3 heteroatoms. The molecule has 0 saturated heterocycles. The number of hydrogen-bond donors (Lipinski definition) is 1. The number of unbranched alkanes of at least 4 members (excludes halogenated alkanes) is 3. The lowest BCUT2D eigenvalue weighted by Crippen LogP contribution is -2.02. The van der Waals surface area contributed by atoms with Gasteiger partial charge in [-0.3, -0.25) is 0 Å². The minimum Gasteiger partial charge on any atom is -0.496 e. The second-order valence-corrected chi connectivity index (χ2v) is 7.35. The molecule has 1 atom stereocenters. The van der Waals surface area contributed by atoms with Gasteiger partial charge in [0.25, 0.3) is 0 Å². The van der Waals surface area contributed by atoms with E-state index in [1.165, 1.54) is 27.8 Å². The summed E-state index contributed by atoms with van der Waals surface area (Å²) in [5.74, 6) is 2.21. The highest BCUT2D eigenvalue weighted by atomic mass is 16.5. The minimum atomic E-state index is 0.287. The molecule has 1 unspecified atom stereocenters. The Morgan fingerprint density at radius 1 is 0.852 bits per heavy atom. The summed E-state index contributed by atoms with van der Waals surface area (Å²) in [6.45, 7) is 6.77. The summed E-state index contributed by atoms with van der Waals surface area (Å²) in [7, 11) is 3.47. The van der Waals surface area contributed by atoms with Crippen LogP contribution in [0.1, 0.15) is 66.3 Å². The van der Waals surface area contributed by atoms with Crippen LogP contribution in [0.15, 0.2) is 30.3 Å². The Bertz CT molecular complexity index is 737. The third-order valence-corrected chi connectivity index (χ3v) is 5.52. The van der Waals surface area contributed by atoms with Gasteiger partial charge in [-0.05, 0) is 73.1 Å². The maximum Gasteiger partial charge on any atom is 0.122 e. The molecular formula is C24H34O3. The molecule has 0 amide bonds. The van der Waals surface area contributed by atoms with Gasteiger partial charge in [0.2, 0.25) is 0 Å². The predicted octanol–water partition coefficient (Wildman–Crippen LogP) is 5.57. The van der Waals surface area contributed by atoms with Crippen LogP contribution in [0.25, 0.3) is 0 Å². The van der Waals surface area contributed by atoms with Gasteiger partial charge in [0.15, 0.2) is 0 Å². The molecule has 3 nitrogen and oxygen atoms in total. The molecule has 0 heterocycles. The number of aliphatic hydroxyl groups excluding tert-OH is 1. The van der Waals surface area contributed by atoms with Crippen LogP contribution in [0.4, 0.5) is 0 Å². The maximum atomic E-state index is 8.92. The number of rotatable bonds is 10. The van der Waals surface area contributed by atoms with Crippen molar-refractivity contribution in [2.75, 3.05) is 20.8 Å². The molecule has 2 aromatic rings. The van der Waals surface area contributed by atoms with E-state index in [0.717, 1.165) is 43.6 Å². The molecule has 0 radical (unpaired) electrons. The van der Waals surface area contributed by atoms with Crippen molar-refractivity contribution < 1.29 is 14.6 Å². The lowest BCUT2D eigenvalue weighted by atomic mass is 9.89. The molecule has 2 rings (SSSR count). The van der Waals surface area contributed by atoms with E-state index in [9.17, 15) is 0 Å². The number of benzene rings is 2. The zero-order chi connectivity index (χ0) is 19.8. The summed E-state index contributed by atoms with van der Waals surface area (Å²) in [5.41, 5.74) is 6.29. The zero-order valence-electron chi connectivity index (χ0n) is 17.5. The number of ether oxygens (including phenoxy) is 2. The number of methoxy groups -OCH3 is 2. The summed E-state index contributed by atoms with van der Waals surface area (Å²) in [6, 6.07) is 11.0. The maximum absolute atomic E-state index is 8.92. The van der Waals surface area contributed by atoms with E-state index >= 15 is 0 Å². The molecule has 27 heavy (non-hydrogen) atoms. The highest BCUT2D eigenvalue weighted by molar-refractivity contribution is 5.47. The molecule has 0 bridgehead atoms. The largest absolute Gasteiger partial charge is 0.496 e. The van der Waals surface area contributed by atoms with E-state index in [-0.39, 0.29) is 12.5 Å². The predicted molar refractivity (Wildman–Crippen MR) is 112 cm³/mol. The monoisotopic (exact) mass is 370 g/mol. The summed E-state index contributed by atoms with van der Waals surface area (Å²) in [4.78, 5) is 0. The fraction of sp³-hybridized carbons (Fsp3) is 0.500. The first-order valence-corrected chi connectivity index (χ1v) is 9.94. The third kappa shape index (κ3) is 5.49. The lowest BCUT2D eigenvalue weighted by Gasteiger charge is -2.19. The van der Waals surface area contributed by atoms with Gasteiger partial charge in [-0.1, -0.05) is 38.0 Å². The summed E-state index contributed by atoms with van der Waals surface area (Å²) < 4.78 is 11.1. The van der Waals surface area contributed by atoms with Crippen LogP contribution < -0.4 is 9.47 Å². The smallest absolute Gasteiger partial charge is 0.122 e. The fourth-order valence-corrected chi connectivity index (χ4v) is 3.55. The molecule has 0 aromatic heterocycles. The van der Waals surface area contributed by atoms with E-state index in [4.69, 9.17) is 14.6 Å². The molecule has 0 spiro atoms. The zero-order valence-corrected chi connectivity index (χ0v) is 17.5. The van der Waals surface area contributed by atoms with E-state index < -0.39 is 0 Å². The van der Waals surface area contributed by atoms with Gasteiger partial charge >= 0.3 is 0 Å². The Morgan fingerprint density at radius 2 is 1.56 bits per heavy atom. The first kappa shape index (κ1) is 21.3. The van der Waals surface area contributed by atoms with Crippen molar-refractivity contribution in [2.45, 2.75) is 58.8 Å². The average Bonchev–Trinajstić information content (AvgIpc) is 2.69. The van der Waals surface area contributed by atoms with E-state index in [1.54, 1.807) is 14.2 Å². The van der Waals surface area contributed by atoms with Crippen LogP contribution in [0.5, 0.6) is 11.5 Å². The van der Waals surface area contributed by atoms with Crippen molar-refractivity contribution in [3.8, 4) is 11.5 Å². The Hall–Kier alpha value is -2.00. The highest BCUT2D eigenvalue weighted by Gasteiger charge is 2.14. The number of aliphatic hydroxyl groups is 1. The van der Waals surface area contributed by atoms with Crippen molar-refractivity contribution in [1.29, 1.82) is 0 Å². The van der Waals surface area contributed by atoms with Crippen molar-refractivity contribution in [3.63, 3.8) is 0 Å². The first-order chi connectivity index (χ1) is 13.0. The summed E-state index contributed by atoms with van der Waals surface area (Å²) in [5, 5.41) is 8.92. The van der Waals surface area contributed by atoms with Crippen LogP contribution in [0.3, 0.4) is 0 Å². The second-order valence-electron chi connectivity index (χ2n) is 7.35. The van der Waals surface area contributed by atoms with E-state index in [2.05, 4.69) is 51.1 Å². The molecular weight excluding hydrogens is 336 g/mol. The Labute approximate surface area is 164 Å². The highest BCUT2D eigenvalue weighted by Crippen LogP contribution is 2.33. The SMILES string of the molecule is COc1ccc(C(C)c2cc(C)c(C)c(OC)c2)cc1CCCCCCO. The molecule has 0 fully saturated rings.